The van der Waals surface area contributed by atoms with E-state index in [0.29, 0.717) is 12.0 Å². The number of ether oxygens (including phenoxy) is 3. The summed E-state index contributed by atoms with van der Waals surface area (Å²) < 4.78 is 14.2. The fourth-order valence-corrected chi connectivity index (χ4v) is 3.48. The van der Waals surface area contributed by atoms with Gasteiger partial charge in [-0.15, -0.1) is 0 Å². The number of methoxy groups -OCH3 is 3. The Bertz CT molecular complexity index is 478. The van der Waals surface area contributed by atoms with Gasteiger partial charge < -0.3 is 14.2 Å². The average Bonchev–Trinajstić information content (AvgIpc) is 3.06. The number of rotatable bonds is 4. The molecule has 0 spiro atoms. The van der Waals surface area contributed by atoms with Crippen molar-refractivity contribution in [2.24, 2.45) is 16.7 Å². The van der Waals surface area contributed by atoms with Crippen LogP contribution in [0, 0.1) is 16.7 Å². The standard InChI is InChI=1S/C14H18O6/c1-8(10(15)18-2)13-5-9(13)6-14(7-13,11(16)19-3)12(17)20-4/h9H,1,5-7H2,2-4H3. The van der Waals surface area contributed by atoms with Gasteiger partial charge in [0.15, 0.2) is 5.41 Å². The lowest BCUT2D eigenvalue weighted by Crippen LogP contribution is -2.41. The molecule has 2 aliphatic carbocycles. The second-order valence-corrected chi connectivity index (χ2v) is 5.47. The molecule has 2 aliphatic rings. The van der Waals surface area contributed by atoms with Crippen molar-refractivity contribution >= 4 is 17.9 Å². The maximum absolute atomic E-state index is 12.0. The Balaban J connectivity index is 2.30. The Labute approximate surface area is 117 Å². The first-order valence-electron chi connectivity index (χ1n) is 6.32. The van der Waals surface area contributed by atoms with Crippen LogP contribution in [0.25, 0.3) is 0 Å². The van der Waals surface area contributed by atoms with Crippen molar-refractivity contribution in [1.82, 2.24) is 0 Å². The summed E-state index contributed by atoms with van der Waals surface area (Å²) >= 11 is 0. The molecule has 0 N–H and O–H groups in total. The molecule has 0 bridgehead atoms. The van der Waals surface area contributed by atoms with E-state index >= 15 is 0 Å². The van der Waals surface area contributed by atoms with Crippen molar-refractivity contribution in [3.63, 3.8) is 0 Å². The molecule has 2 rings (SSSR count). The van der Waals surface area contributed by atoms with E-state index in [1.54, 1.807) is 0 Å². The van der Waals surface area contributed by atoms with Crippen molar-refractivity contribution in [2.45, 2.75) is 19.3 Å². The molecule has 20 heavy (non-hydrogen) atoms. The first-order chi connectivity index (χ1) is 9.37. The molecule has 0 saturated heterocycles. The third-order valence-corrected chi connectivity index (χ3v) is 4.63. The van der Waals surface area contributed by atoms with Crippen LogP contribution in [-0.2, 0) is 28.6 Å². The third kappa shape index (κ3) is 1.74. The third-order valence-electron chi connectivity index (χ3n) is 4.63. The van der Waals surface area contributed by atoms with Crippen LogP contribution in [0.15, 0.2) is 12.2 Å². The molecule has 2 fully saturated rings. The van der Waals surface area contributed by atoms with Crippen molar-refractivity contribution < 1.29 is 28.6 Å². The first kappa shape index (κ1) is 14.6. The van der Waals surface area contributed by atoms with Gasteiger partial charge in [-0.25, -0.2) is 4.79 Å². The average molecular weight is 282 g/mol. The van der Waals surface area contributed by atoms with Crippen molar-refractivity contribution in [2.75, 3.05) is 21.3 Å². The van der Waals surface area contributed by atoms with Gasteiger partial charge in [-0.2, -0.15) is 0 Å². The topological polar surface area (TPSA) is 78.9 Å². The van der Waals surface area contributed by atoms with E-state index in [-0.39, 0.29) is 12.3 Å². The Morgan fingerprint density at radius 2 is 1.55 bits per heavy atom. The van der Waals surface area contributed by atoms with Crippen LogP contribution in [0.4, 0.5) is 0 Å². The van der Waals surface area contributed by atoms with Gasteiger partial charge in [-0.05, 0) is 25.2 Å². The summed E-state index contributed by atoms with van der Waals surface area (Å²) in [6, 6.07) is 0. The molecule has 0 aromatic rings. The highest BCUT2D eigenvalue weighted by atomic mass is 16.5. The zero-order chi connectivity index (χ0) is 15.1. The summed E-state index contributed by atoms with van der Waals surface area (Å²) in [4.78, 5) is 35.7. The van der Waals surface area contributed by atoms with Gasteiger partial charge in [0.05, 0.1) is 21.3 Å². The maximum atomic E-state index is 12.0. The Hall–Kier alpha value is -1.85. The fraction of sp³-hybridized carbons (Fsp3) is 0.643. The second kappa shape index (κ2) is 4.61. The summed E-state index contributed by atoms with van der Waals surface area (Å²) in [7, 11) is 3.75. The highest BCUT2D eigenvalue weighted by molar-refractivity contribution is 6.02. The van der Waals surface area contributed by atoms with E-state index in [1.807, 2.05) is 0 Å². The molecule has 0 heterocycles. The highest BCUT2D eigenvalue weighted by Gasteiger charge is 2.72. The van der Waals surface area contributed by atoms with Crippen LogP contribution in [0.3, 0.4) is 0 Å². The zero-order valence-corrected chi connectivity index (χ0v) is 11.9. The minimum Gasteiger partial charge on any atom is -0.468 e. The monoisotopic (exact) mass is 282 g/mol. The smallest absolute Gasteiger partial charge is 0.333 e. The molecule has 0 aliphatic heterocycles. The van der Waals surface area contributed by atoms with E-state index < -0.39 is 28.7 Å². The lowest BCUT2D eigenvalue weighted by molar-refractivity contribution is -0.170. The van der Waals surface area contributed by atoms with Crippen LogP contribution in [0.2, 0.25) is 0 Å². The lowest BCUT2D eigenvalue weighted by atomic mass is 9.79. The summed E-state index contributed by atoms with van der Waals surface area (Å²) in [5.74, 6) is -1.67. The quantitative estimate of drug-likeness (QED) is 0.329. The Morgan fingerprint density at radius 1 is 1.00 bits per heavy atom. The van der Waals surface area contributed by atoms with Gasteiger partial charge in [-0.3, -0.25) is 9.59 Å². The van der Waals surface area contributed by atoms with Gasteiger partial charge in [0.2, 0.25) is 0 Å². The summed E-state index contributed by atoms with van der Waals surface area (Å²) in [6.45, 7) is 3.78. The fourth-order valence-electron chi connectivity index (χ4n) is 3.48. The Morgan fingerprint density at radius 3 is 2.00 bits per heavy atom. The van der Waals surface area contributed by atoms with Gasteiger partial charge in [0.25, 0.3) is 0 Å². The number of hydrogen-bond donors (Lipinski definition) is 0. The van der Waals surface area contributed by atoms with Gasteiger partial charge in [0, 0.05) is 11.0 Å². The van der Waals surface area contributed by atoms with Gasteiger partial charge in [0.1, 0.15) is 0 Å². The molecule has 6 heteroatoms. The highest BCUT2D eigenvalue weighted by Crippen LogP contribution is 2.72. The lowest BCUT2D eigenvalue weighted by Gasteiger charge is -2.26. The number of carbonyl (C=O) groups is 3. The second-order valence-electron chi connectivity index (χ2n) is 5.47. The van der Waals surface area contributed by atoms with Crippen LogP contribution in [0.5, 0.6) is 0 Å². The molecular weight excluding hydrogens is 264 g/mol. The van der Waals surface area contributed by atoms with Crippen molar-refractivity contribution in [3.8, 4) is 0 Å². The normalized spacial score (nSPS) is 29.1. The predicted octanol–water partition coefficient (Wildman–Crippen LogP) is 0.848. The van der Waals surface area contributed by atoms with Crippen LogP contribution in [0.1, 0.15) is 19.3 Å². The van der Waals surface area contributed by atoms with Crippen molar-refractivity contribution in [1.29, 1.82) is 0 Å². The molecule has 0 radical (unpaired) electrons. The molecule has 0 aromatic carbocycles. The molecule has 0 amide bonds. The van der Waals surface area contributed by atoms with E-state index in [2.05, 4.69) is 11.3 Å². The van der Waals surface area contributed by atoms with Gasteiger partial charge >= 0.3 is 17.9 Å². The minimum atomic E-state index is -1.33. The summed E-state index contributed by atoms with van der Waals surface area (Å²) in [5, 5.41) is 0. The minimum absolute atomic E-state index is 0.0623. The number of fused-ring (bicyclic) bond motifs is 1. The zero-order valence-electron chi connectivity index (χ0n) is 11.9. The van der Waals surface area contributed by atoms with Crippen molar-refractivity contribution in [3.05, 3.63) is 12.2 Å². The summed E-state index contributed by atoms with van der Waals surface area (Å²) in [5.41, 5.74) is -1.54. The van der Waals surface area contributed by atoms with E-state index in [0.717, 1.165) is 6.42 Å². The van der Waals surface area contributed by atoms with Crippen LogP contribution < -0.4 is 0 Å². The Kier molecular flexibility index (Phi) is 3.36. The first-order valence-corrected chi connectivity index (χ1v) is 6.32. The van der Waals surface area contributed by atoms with Gasteiger partial charge in [-0.1, -0.05) is 6.58 Å². The van der Waals surface area contributed by atoms with E-state index in [1.165, 1.54) is 21.3 Å². The molecule has 2 unspecified atom stereocenters. The molecule has 2 atom stereocenters. The molecule has 110 valence electrons. The predicted molar refractivity (Wildman–Crippen MR) is 67.4 cm³/mol. The molecular formula is C14H18O6. The SMILES string of the molecule is C=C(C(=O)OC)C12CC1CC(C(=O)OC)(C(=O)OC)C2. The van der Waals surface area contributed by atoms with Crippen LogP contribution >= 0.6 is 0 Å². The summed E-state index contributed by atoms with van der Waals surface area (Å²) in [6.07, 6.45) is 1.25. The number of hydrogen-bond acceptors (Lipinski definition) is 6. The number of esters is 3. The largest absolute Gasteiger partial charge is 0.468 e. The number of carbonyl (C=O) groups excluding carboxylic acids is 3. The van der Waals surface area contributed by atoms with E-state index in [4.69, 9.17) is 9.47 Å². The molecule has 2 saturated carbocycles. The maximum Gasteiger partial charge on any atom is 0.333 e. The molecule has 6 nitrogen and oxygen atoms in total. The molecule has 0 aromatic heterocycles. The van der Waals surface area contributed by atoms with E-state index in [9.17, 15) is 14.4 Å². The van der Waals surface area contributed by atoms with Crippen LogP contribution in [-0.4, -0.2) is 39.2 Å².